The molecule has 0 fully saturated rings. The molecule has 0 amide bonds. The van der Waals surface area contributed by atoms with Crippen molar-refractivity contribution in [1.29, 1.82) is 0 Å². The van der Waals surface area contributed by atoms with Crippen LogP contribution in [0.15, 0.2) is 24.3 Å². The molecule has 0 saturated heterocycles. The van der Waals surface area contributed by atoms with Crippen molar-refractivity contribution in [2.24, 2.45) is 5.73 Å². The minimum Gasteiger partial charge on any atom is -0.480 e. The van der Waals surface area contributed by atoms with Crippen molar-refractivity contribution < 1.29 is 9.90 Å². The molecule has 0 spiro atoms. The highest BCUT2D eigenvalue weighted by Gasteiger charge is 2.11. The molecule has 0 radical (unpaired) electrons. The van der Waals surface area contributed by atoms with Crippen LogP contribution in [0, 0.1) is 0 Å². The Morgan fingerprint density at radius 2 is 2.30 bits per heavy atom. The van der Waals surface area contributed by atoms with Gasteiger partial charge in [0.1, 0.15) is 6.04 Å². The van der Waals surface area contributed by atoms with Gasteiger partial charge in [-0.25, -0.2) is 0 Å². The summed E-state index contributed by atoms with van der Waals surface area (Å²) in [6, 6.07) is -0.905. The van der Waals surface area contributed by atoms with Gasteiger partial charge in [-0.3, -0.25) is 4.79 Å². The second-order valence-corrected chi connectivity index (χ2v) is 1.96. The number of allylic oxidation sites excluding steroid dienone is 2. The van der Waals surface area contributed by atoms with Gasteiger partial charge in [-0.15, -0.1) is 0 Å². The monoisotopic (exact) mass is 141 g/mol. The highest BCUT2D eigenvalue weighted by atomic mass is 16.4. The summed E-state index contributed by atoms with van der Waals surface area (Å²) >= 11 is 0. The Balaban J connectivity index is 4.19. The van der Waals surface area contributed by atoms with Crippen molar-refractivity contribution in [2.75, 3.05) is 0 Å². The molecule has 0 rings (SSSR count). The number of rotatable bonds is 3. The summed E-state index contributed by atoms with van der Waals surface area (Å²) in [4.78, 5) is 10.2. The lowest BCUT2D eigenvalue weighted by Gasteiger charge is -2.04. The molecule has 3 N–H and O–H groups in total. The number of aliphatic carboxylic acids is 1. The summed E-state index contributed by atoms with van der Waals surface area (Å²) in [5.74, 6) is -1.02. The maximum absolute atomic E-state index is 10.2. The molecular weight excluding hydrogens is 130 g/mol. The topological polar surface area (TPSA) is 63.3 Å². The van der Waals surface area contributed by atoms with E-state index in [0.717, 1.165) is 0 Å². The molecule has 3 nitrogen and oxygen atoms in total. The third-order valence-electron chi connectivity index (χ3n) is 1.14. The summed E-state index contributed by atoms with van der Waals surface area (Å²) in [6.07, 6.45) is 3.09. The summed E-state index contributed by atoms with van der Waals surface area (Å²) in [7, 11) is 0. The predicted octanol–water partition coefficient (Wildman–Crippen LogP) is 0.531. The van der Waals surface area contributed by atoms with Gasteiger partial charge in [0.2, 0.25) is 0 Å². The molecule has 0 saturated carbocycles. The number of carbonyl (C=O) groups is 1. The SMILES string of the molecule is C=C/C=C(/C)[C@H](N)C(=O)O. The lowest BCUT2D eigenvalue weighted by Crippen LogP contribution is -2.30. The number of nitrogens with two attached hydrogens (primary N) is 1. The molecule has 0 unspecified atom stereocenters. The molecule has 0 bridgehead atoms. The van der Waals surface area contributed by atoms with E-state index in [1.165, 1.54) is 6.08 Å². The minimum absolute atomic E-state index is 0.600. The Labute approximate surface area is 59.8 Å². The van der Waals surface area contributed by atoms with Crippen LogP contribution in [-0.4, -0.2) is 17.1 Å². The molecule has 0 aliphatic heterocycles. The Morgan fingerprint density at radius 3 is 2.60 bits per heavy atom. The van der Waals surface area contributed by atoms with Crippen molar-refractivity contribution in [2.45, 2.75) is 13.0 Å². The molecule has 0 aromatic rings. The van der Waals surface area contributed by atoms with E-state index in [2.05, 4.69) is 6.58 Å². The molecule has 10 heavy (non-hydrogen) atoms. The first-order chi connectivity index (χ1) is 4.59. The van der Waals surface area contributed by atoms with Crippen molar-refractivity contribution in [3.63, 3.8) is 0 Å². The van der Waals surface area contributed by atoms with Crippen molar-refractivity contribution >= 4 is 5.97 Å². The van der Waals surface area contributed by atoms with E-state index in [1.807, 2.05) is 0 Å². The second-order valence-electron chi connectivity index (χ2n) is 1.96. The van der Waals surface area contributed by atoms with Gasteiger partial charge < -0.3 is 10.8 Å². The van der Waals surface area contributed by atoms with Crippen LogP contribution < -0.4 is 5.73 Å². The van der Waals surface area contributed by atoms with Crippen LogP contribution in [0.2, 0.25) is 0 Å². The average molecular weight is 141 g/mol. The van der Waals surface area contributed by atoms with Crippen LogP contribution in [0.25, 0.3) is 0 Å². The third kappa shape index (κ3) is 2.46. The standard InChI is InChI=1S/C7H11NO2/c1-3-4-5(2)6(8)7(9)10/h3-4,6H,1,8H2,2H3,(H,9,10)/b5-4-/t6-/m0/s1. The third-order valence-corrected chi connectivity index (χ3v) is 1.14. The highest BCUT2D eigenvalue weighted by Crippen LogP contribution is 1.97. The molecular formula is C7H11NO2. The first kappa shape index (κ1) is 8.91. The van der Waals surface area contributed by atoms with Gasteiger partial charge in [-0.05, 0) is 12.5 Å². The smallest absolute Gasteiger partial charge is 0.324 e. The predicted molar refractivity (Wildman–Crippen MR) is 39.6 cm³/mol. The van der Waals surface area contributed by atoms with Crippen LogP contribution in [0.1, 0.15) is 6.92 Å². The van der Waals surface area contributed by atoms with Gasteiger partial charge in [0.05, 0.1) is 0 Å². The zero-order valence-electron chi connectivity index (χ0n) is 5.87. The van der Waals surface area contributed by atoms with E-state index in [1.54, 1.807) is 13.0 Å². The van der Waals surface area contributed by atoms with Gasteiger partial charge in [0, 0.05) is 0 Å². The molecule has 0 aromatic heterocycles. The number of carboxylic acids is 1. The molecule has 0 aromatic carbocycles. The van der Waals surface area contributed by atoms with Crippen LogP contribution >= 0.6 is 0 Å². The van der Waals surface area contributed by atoms with Crippen LogP contribution in [-0.2, 0) is 4.79 Å². The first-order valence-corrected chi connectivity index (χ1v) is 2.87. The zero-order chi connectivity index (χ0) is 8.15. The van der Waals surface area contributed by atoms with E-state index in [-0.39, 0.29) is 0 Å². The maximum atomic E-state index is 10.2. The fraction of sp³-hybridized carbons (Fsp3) is 0.286. The Hall–Kier alpha value is -1.09. The fourth-order valence-electron chi connectivity index (χ4n) is 0.484. The Kier molecular flexibility index (Phi) is 3.43. The zero-order valence-corrected chi connectivity index (χ0v) is 5.87. The lowest BCUT2D eigenvalue weighted by molar-refractivity contribution is -0.137. The van der Waals surface area contributed by atoms with Crippen LogP contribution in [0.5, 0.6) is 0 Å². The molecule has 0 heterocycles. The number of hydrogen-bond acceptors (Lipinski definition) is 2. The number of hydrogen-bond donors (Lipinski definition) is 2. The van der Waals surface area contributed by atoms with E-state index in [9.17, 15) is 4.79 Å². The highest BCUT2D eigenvalue weighted by molar-refractivity contribution is 5.76. The van der Waals surface area contributed by atoms with Crippen molar-refractivity contribution in [1.82, 2.24) is 0 Å². The van der Waals surface area contributed by atoms with Crippen LogP contribution in [0.3, 0.4) is 0 Å². The second kappa shape index (κ2) is 3.85. The first-order valence-electron chi connectivity index (χ1n) is 2.87. The van der Waals surface area contributed by atoms with E-state index < -0.39 is 12.0 Å². The van der Waals surface area contributed by atoms with Gasteiger partial charge in [0.15, 0.2) is 0 Å². The maximum Gasteiger partial charge on any atom is 0.324 e. The summed E-state index contributed by atoms with van der Waals surface area (Å²) in [5.41, 5.74) is 5.83. The van der Waals surface area contributed by atoms with Gasteiger partial charge in [-0.1, -0.05) is 18.7 Å². The van der Waals surface area contributed by atoms with E-state index in [4.69, 9.17) is 10.8 Å². The molecule has 1 atom stereocenters. The molecule has 3 heteroatoms. The largest absolute Gasteiger partial charge is 0.480 e. The quantitative estimate of drug-likeness (QED) is 0.563. The normalized spacial score (nSPS) is 14.4. The average Bonchev–Trinajstić information content (AvgIpc) is 1.87. The van der Waals surface area contributed by atoms with Crippen molar-refractivity contribution in [3.05, 3.63) is 24.3 Å². The lowest BCUT2D eigenvalue weighted by atomic mass is 10.1. The van der Waals surface area contributed by atoms with Gasteiger partial charge >= 0.3 is 5.97 Å². The summed E-state index contributed by atoms with van der Waals surface area (Å²) in [5, 5.41) is 8.38. The van der Waals surface area contributed by atoms with Gasteiger partial charge in [0.25, 0.3) is 0 Å². The van der Waals surface area contributed by atoms with Crippen LogP contribution in [0.4, 0.5) is 0 Å². The van der Waals surface area contributed by atoms with E-state index >= 15 is 0 Å². The number of carboxylic acid groups (broad SMARTS) is 1. The molecule has 0 aliphatic carbocycles. The molecule has 0 aliphatic rings. The summed E-state index contributed by atoms with van der Waals surface area (Å²) in [6.45, 7) is 5.07. The summed E-state index contributed by atoms with van der Waals surface area (Å²) < 4.78 is 0. The Bertz CT molecular complexity index is 172. The minimum atomic E-state index is -1.02. The fourth-order valence-corrected chi connectivity index (χ4v) is 0.484. The molecule has 56 valence electrons. The van der Waals surface area contributed by atoms with E-state index in [0.29, 0.717) is 5.57 Å². The van der Waals surface area contributed by atoms with Crippen molar-refractivity contribution in [3.8, 4) is 0 Å². The van der Waals surface area contributed by atoms with Gasteiger partial charge in [-0.2, -0.15) is 0 Å². The Morgan fingerprint density at radius 1 is 1.80 bits per heavy atom.